The van der Waals surface area contributed by atoms with E-state index >= 15 is 0 Å². The Balaban J connectivity index is 0.00000144. The lowest BCUT2D eigenvalue weighted by Gasteiger charge is -2.03. The smallest absolute Gasteiger partial charge is 0.0967 e. The number of hydrogen-bond acceptors (Lipinski definition) is 2. The molecule has 0 saturated carbocycles. The summed E-state index contributed by atoms with van der Waals surface area (Å²) in [6.45, 7) is 3.37. The highest BCUT2D eigenvalue weighted by Crippen LogP contribution is 2.04. The molecule has 0 aliphatic rings. The van der Waals surface area contributed by atoms with E-state index in [1.165, 1.54) is 11.1 Å². The van der Waals surface area contributed by atoms with E-state index in [0.29, 0.717) is 13.3 Å². The van der Waals surface area contributed by atoms with Gasteiger partial charge in [0.05, 0.1) is 13.3 Å². The maximum absolute atomic E-state index is 5.31. The van der Waals surface area contributed by atoms with Crippen molar-refractivity contribution in [1.82, 2.24) is 5.32 Å². The average Bonchev–Trinajstić information content (AvgIpc) is 2.05. The summed E-state index contributed by atoms with van der Waals surface area (Å²) in [5.74, 6) is 0. The molecule has 1 aromatic rings. The summed E-state index contributed by atoms with van der Waals surface area (Å²) < 4.78 is 5.31. The first-order valence-electron chi connectivity index (χ1n) is 4.11. The van der Waals surface area contributed by atoms with Gasteiger partial charge in [-0.15, -0.1) is 0 Å². The first-order chi connectivity index (χ1) is 5.83. The van der Waals surface area contributed by atoms with Gasteiger partial charge in [-0.25, -0.2) is 0 Å². The molecular formula is C10H17NO. The van der Waals surface area contributed by atoms with Crippen LogP contribution in [-0.4, -0.2) is 13.8 Å². The first-order valence-corrected chi connectivity index (χ1v) is 4.11. The number of rotatable bonds is 4. The summed E-state index contributed by atoms with van der Waals surface area (Å²) >= 11 is 0. The molecule has 0 bridgehead atoms. The highest BCUT2D eigenvalue weighted by atomic mass is 16.5. The molecule has 0 radical (unpaired) electrons. The maximum atomic E-state index is 5.31. The minimum absolute atomic E-state index is 0. The zero-order valence-corrected chi connectivity index (χ0v) is 7.63. The molecule has 2 nitrogen and oxygen atoms in total. The highest BCUT2D eigenvalue weighted by molar-refractivity contribution is 5.21. The van der Waals surface area contributed by atoms with Crippen molar-refractivity contribution in [1.29, 1.82) is 0 Å². The van der Waals surface area contributed by atoms with Gasteiger partial charge in [-0.1, -0.05) is 29.8 Å². The SMILES string of the molecule is CNCOCc1cccc(C)c1.[HH]. The zero-order valence-electron chi connectivity index (χ0n) is 7.63. The Hall–Kier alpha value is -0.860. The minimum atomic E-state index is 0. The number of nitrogens with one attached hydrogen (secondary N) is 1. The summed E-state index contributed by atoms with van der Waals surface area (Å²) in [6, 6.07) is 8.34. The van der Waals surface area contributed by atoms with Crippen LogP contribution in [0.4, 0.5) is 0 Å². The van der Waals surface area contributed by atoms with Crippen LogP contribution >= 0.6 is 0 Å². The van der Waals surface area contributed by atoms with Crippen LogP contribution in [0.2, 0.25) is 0 Å². The van der Waals surface area contributed by atoms with Gasteiger partial charge in [0.25, 0.3) is 0 Å². The van der Waals surface area contributed by atoms with Crippen LogP contribution in [0.25, 0.3) is 0 Å². The van der Waals surface area contributed by atoms with E-state index in [1.807, 2.05) is 13.1 Å². The van der Waals surface area contributed by atoms with Crippen LogP contribution in [-0.2, 0) is 11.3 Å². The third-order valence-corrected chi connectivity index (χ3v) is 1.60. The fourth-order valence-electron chi connectivity index (χ4n) is 1.07. The fraction of sp³-hybridized carbons (Fsp3) is 0.400. The van der Waals surface area contributed by atoms with Crippen LogP contribution in [0.5, 0.6) is 0 Å². The lowest BCUT2D eigenvalue weighted by atomic mass is 10.1. The summed E-state index contributed by atoms with van der Waals surface area (Å²) in [5.41, 5.74) is 2.51. The lowest BCUT2D eigenvalue weighted by molar-refractivity contribution is 0.109. The largest absolute Gasteiger partial charge is 0.362 e. The third kappa shape index (κ3) is 3.03. The molecule has 0 heterocycles. The summed E-state index contributed by atoms with van der Waals surface area (Å²) in [6.07, 6.45) is 0. The Bertz CT molecular complexity index is 240. The van der Waals surface area contributed by atoms with E-state index < -0.39 is 0 Å². The molecule has 0 fully saturated rings. The second-order valence-electron chi connectivity index (χ2n) is 2.84. The van der Waals surface area contributed by atoms with Gasteiger partial charge in [-0.05, 0) is 19.5 Å². The summed E-state index contributed by atoms with van der Waals surface area (Å²) in [7, 11) is 1.87. The molecule has 0 aliphatic heterocycles. The normalized spacial score (nSPS) is 10.2. The molecule has 1 aromatic carbocycles. The predicted molar refractivity (Wildman–Crippen MR) is 52.0 cm³/mol. The second kappa shape index (κ2) is 4.91. The number of benzene rings is 1. The van der Waals surface area contributed by atoms with Crippen LogP contribution in [0, 0.1) is 6.92 Å². The van der Waals surface area contributed by atoms with Gasteiger partial charge in [0.15, 0.2) is 0 Å². The topological polar surface area (TPSA) is 21.3 Å². The van der Waals surface area contributed by atoms with Crippen molar-refractivity contribution >= 4 is 0 Å². The zero-order chi connectivity index (χ0) is 8.81. The quantitative estimate of drug-likeness (QED) is 0.546. The van der Waals surface area contributed by atoms with Crippen molar-refractivity contribution in [2.45, 2.75) is 13.5 Å². The molecular weight excluding hydrogens is 150 g/mol. The molecule has 12 heavy (non-hydrogen) atoms. The standard InChI is InChI=1S/C10H15NO.H2/c1-9-4-3-5-10(6-9)7-12-8-11-2;/h3-6,11H,7-8H2,1-2H3;1H. The van der Waals surface area contributed by atoms with Crippen molar-refractivity contribution in [3.8, 4) is 0 Å². The maximum Gasteiger partial charge on any atom is 0.0967 e. The Morgan fingerprint density at radius 3 is 3.00 bits per heavy atom. The van der Waals surface area contributed by atoms with E-state index in [2.05, 4.69) is 30.4 Å². The minimum Gasteiger partial charge on any atom is -0.362 e. The molecule has 2 heteroatoms. The molecule has 1 N–H and O–H groups in total. The molecule has 0 amide bonds. The van der Waals surface area contributed by atoms with Gasteiger partial charge >= 0.3 is 0 Å². The molecule has 0 atom stereocenters. The first kappa shape index (κ1) is 9.23. The molecule has 0 aromatic heterocycles. The Morgan fingerprint density at radius 1 is 1.50 bits per heavy atom. The van der Waals surface area contributed by atoms with Gasteiger partial charge < -0.3 is 4.74 Å². The van der Waals surface area contributed by atoms with Crippen LogP contribution < -0.4 is 5.32 Å². The molecule has 0 aliphatic carbocycles. The number of hydrogen-bond donors (Lipinski definition) is 1. The Morgan fingerprint density at radius 2 is 2.33 bits per heavy atom. The molecule has 1 rings (SSSR count). The van der Waals surface area contributed by atoms with Crippen molar-refractivity contribution in [2.75, 3.05) is 13.8 Å². The molecule has 0 unspecified atom stereocenters. The number of ether oxygens (including phenoxy) is 1. The van der Waals surface area contributed by atoms with Gasteiger partial charge in [0.1, 0.15) is 0 Å². The Labute approximate surface area is 75.0 Å². The van der Waals surface area contributed by atoms with Crippen molar-refractivity contribution < 1.29 is 6.16 Å². The van der Waals surface area contributed by atoms with Crippen molar-refractivity contribution in [3.63, 3.8) is 0 Å². The molecule has 0 spiro atoms. The van der Waals surface area contributed by atoms with E-state index in [-0.39, 0.29) is 1.43 Å². The van der Waals surface area contributed by atoms with Crippen molar-refractivity contribution in [2.24, 2.45) is 0 Å². The average molecular weight is 167 g/mol. The highest BCUT2D eigenvalue weighted by Gasteiger charge is 1.91. The van der Waals surface area contributed by atoms with E-state index in [0.717, 1.165) is 0 Å². The number of aryl methyl sites for hydroxylation is 1. The Kier molecular flexibility index (Phi) is 3.77. The summed E-state index contributed by atoms with van der Waals surface area (Å²) in [4.78, 5) is 0. The lowest BCUT2D eigenvalue weighted by Crippen LogP contribution is -2.11. The van der Waals surface area contributed by atoms with E-state index in [1.54, 1.807) is 0 Å². The van der Waals surface area contributed by atoms with Crippen molar-refractivity contribution in [3.05, 3.63) is 35.4 Å². The van der Waals surface area contributed by atoms with Gasteiger partial charge in [-0.2, -0.15) is 0 Å². The third-order valence-electron chi connectivity index (χ3n) is 1.60. The monoisotopic (exact) mass is 167 g/mol. The van der Waals surface area contributed by atoms with Crippen LogP contribution in [0.15, 0.2) is 24.3 Å². The van der Waals surface area contributed by atoms with Gasteiger partial charge in [0, 0.05) is 1.43 Å². The molecule has 0 saturated heterocycles. The van der Waals surface area contributed by atoms with E-state index in [4.69, 9.17) is 4.74 Å². The van der Waals surface area contributed by atoms with E-state index in [9.17, 15) is 0 Å². The van der Waals surface area contributed by atoms with Gasteiger partial charge in [-0.3, -0.25) is 5.32 Å². The van der Waals surface area contributed by atoms with Crippen LogP contribution in [0.3, 0.4) is 0 Å². The van der Waals surface area contributed by atoms with Gasteiger partial charge in [0.2, 0.25) is 0 Å². The second-order valence-corrected chi connectivity index (χ2v) is 2.84. The van der Waals surface area contributed by atoms with Crippen LogP contribution in [0.1, 0.15) is 12.6 Å². The predicted octanol–water partition coefficient (Wildman–Crippen LogP) is 1.93. The fourth-order valence-corrected chi connectivity index (χ4v) is 1.07. The summed E-state index contributed by atoms with van der Waals surface area (Å²) in [5, 5.41) is 2.93. The molecule has 68 valence electrons.